The predicted octanol–water partition coefficient (Wildman–Crippen LogP) is 1.39. The van der Waals surface area contributed by atoms with Crippen LogP contribution in [-0.4, -0.2) is 36.3 Å². The normalized spacial score (nSPS) is 20.1. The van der Waals surface area contributed by atoms with Crippen molar-refractivity contribution in [1.29, 1.82) is 0 Å². The van der Waals surface area contributed by atoms with Gasteiger partial charge < -0.3 is 14.7 Å². The lowest BCUT2D eigenvalue weighted by Gasteiger charge is -2.32. The second kappa shape index (κ2) is 5.03. The van der Waals surface area contributed by atoms with Gasteiger partial charge in [-0.1, -0.05) is 0 Å². The van der Waals surface area contributed by atoms with Gasteiger partial charge in [0.05, 0.1) is 13.0 Å². The van der Waals surface area contributed by atoms with Crippen LogP contribution in [0, 0.1) is 5.92 Å². The van der Waals surface area contributed by atoms with Gasteiger partial charge in [-0.2, -0.15) is 0 Å². The van der Waals surface area contributed by atoms with Crippen molar-refractivity contribution in [3.8, 4) is 5.88 Å². The Bertz CT molecular complexity index is 408. The molecule has 1 aromatic heterocycles. The number of ether oxygens (including phenoxy) is 1. The molecule has 1 aromatic rings. The fourth-order valence-electron chi connectivity index (χ4n) is 2.12. The molecule has 1 atom stereocenters. The molecule has 2 rings (SSSR count). The maximum atomic E-state index is 11.0. The zero-order valence-electron chi connectivity index (χ0n) is 9.80. The number of nitrogens with zero attached hydrogens (tertiary/aromatic N) is 2. The maximum absolute atomic E-state index is 11.0. The smallest absolute Gasteiger partial charge is 0.308 e. The van der Waals surface area contributed by atoms with Crippen LogP contribution in [0.2, 0.25) is 0 Å². The monoisotopic (exact) mass is 236 g/mol. The lowest BCUT2D eigenvalue weighted by molar-refractivity contribution is -0.141. The molecule has 0 bridgehead atoms. The first kappa shape index (κ1) is 11.7. The summed E-state index contributed by atoms with van der Waals surface area (Å²) in [6, 6.07) is 3.72. The number of aromatic nitrogens is 1. The van der Waals surface area contributed by atoms with E-state index in [0.29, 0.717) is 12.4 Å². The molecule has 5 nitrogen and oxygen atoms in total. The Morgan fingerprint density at radius 1 is 1.65 bits per heavy atom. The Hall–Kier alpha value is -1.78. The molecule has 1 N–H and O–H groups in total. The van der Waals surface area contributed by atoms with E-state index >= 15 is 0 Å². The SMILES string of the molecule is COc1cc(N2CCCC(C(=O)O)C2)ccn1. The number of carboxylic acid groups (broad SMARTS) is 1. The highest BCUT2D eigenvalue weighted by Crippen LogP contribution is 2.25. The number of anilines is 1. The van der Waals surface area contributed by atoms with Crippen molar-refractivity contribution < 1.29 is 14.6 Å². The van der Waals surface area contributed by atoms with Gasteiger partial charge in [0.1, 0.15) is 0 Å². The largest absolute Gasteiger partial charge is 0.481 e. The average molecular weight is 236 g/mol. The van der Waals surface area contributed by atoms with Crippen molar-refractivity contribution in [2.24, 2.45) is 5.92 Å². The van der Waals surface area contributed by atoms with E-state index in [1.54, 1.807) is 13.3 Å². The molecule has 5 heteroatoms. The van der Waals surface area contributed by atoms with Crippen molar-refractivity contribution in [2.45, 2.75) is 12.8 Å². The van der Waals surface area contributed by atoms with Gasteiger partial charge in [-0.05, 0) is 18.9 Å². The Morgan fingerprint density at radius 3 is 3.18 bits per heavy atom. The Labute approximate surface area is 100 Å². The molecular weight excluding hydrogens is 220 g/mol. The van der Waals surface area contributed by atoms with E-state index in [2.05, 4.69) is 9.88 Å². The standard InChI is InChI=1S/C12H16N2O3/c1-17-11-7-10(4-5-13-11)14-6-2-3-9(8-14)12(15)16/h4-5,7,9H,2-3,6,8H2,1H3,(H,15,16). The van der Waals surface area contributed by atoms with Crippen LogP contribution < -0.4 is 9.64 Å². The van der Waals surface area contributed by atoms with E-state index in [4.69, 9.17) is 9.84 Å². The van der Waals surface area contributed by atoms with Crippen molar-refractivity contribution in [1.82, 2.24) is 4.98 Å². The van der Waals surface area contributed by atoms with Crippen molar-refractivity contribution in [3.63, 3.8) is 0 Å². The third-order valence-electron chi connectivity index (χ3n) is 3.06. The first-order chi connectivity index (χ1) is 8.20. The summed E-state index contributed by atoms with van der Waals surface area (Å²) in [5.41, 5.74) is 0.975. The maximum Gasteiger partial charge on any atom is 0.308 e. The summed E-state index contributed by atoms with van der Waals surface area (Å²) in [5, 5.41) is 9.04. The third-order valence-corrected chi connectivity index (χ3v) is 3.06. The zero-order chi connectivity index (χ0) is 12.3. The highest BCUT2D eigenvalue weighted by molar-refractivity contribution is 5.71. The fraction of sp³-hybridized carbons (Fsp3) is 0.500. The first-order valence-electron chi connectivity index (χ1n) is 5.68. The predicted molar refractivity (Wildman–Crippen MR) is 63.4 cm³/mol. The minimum atomic E-state index is -0.712. The van der Waals surface area contributed by atoms with Gasteiger partial charge in [0, 0.05) is 31.0 Å². The summed E-state index contributed by atoms with van der Waals surface area (Å²) >= 11 is 0. The number of carboxylic acids is 1. The third kappa shape index (κ3) is 2.67. The molecule has 1 saturated heterocycles. The summed E-state index contributed by atoms with van der Waals surface area (Å²) in [6.07, 6.45) is 3.34. The van der Waals surface area contributed by atoms with Crippen LogP contribution in [0.15, 0.2) is 18.3 Å². The second-order valence-corrected chi connectivity index (χ2v) is 4.18. The van der Waals surface area contributed by atoms with Crippen molar-refractivity contribution >= 4 is 11.7 Å². The molecule has 0 spiro atoms. The van der Waals surface area contributed by atoms with Gasteiger partial charge in [0.2, 0.25) is 5.88 Å². The topological polar surface area (TPSA) is 62.7 Å². The van der Waals surface area contributed by atoms with Gasteiger partial charge in [-0.25, -0.2) is 4.98 Å². The number of aliphatic carboxylic acids is 1. The van der Waals surface area contributed by atoms with Crippen LogP contribution in [0.5, 0.6) is 5.88 Å². The lowest BCUT2D eigenvalue weighted by atomic mass is 9.98. The Morgan fingerprint density at radius 2 is 2.47 bits per heavy atom. The number of carbonyl (C=O) groups is 1. The molecule has 0 aliphatic carbocycles. The molecule has 0 amide bonds. The highest BCUT2D eigenvalue weighted by atomic mass is 16.5. The Kier molecular flexibility index (Phi) is 3.46. The summed E-state index contributed by atoms with van der Waals surface area (Å²) in [6.45, 7) is 1.44. The van der Waals surface area contributed by atoms with Gasteiger partial charge >= 0.3 is 5.97 Å². The number of hydrogen-bond donors (Lipinski definition) is 1. The van der Waals surface area contributed by atoms with E-state index in [9.17, 15) is 4.79 Å². The number of methoxy groups -OCH3 is 1. The van der Waals surface area contributed by atoms with Crippen LogP contribution in [0.4, 0.5) is 5.69 Å². The Balaban J connectivity index is 2.13. The molecular formula is C12H16N2O3. The van der Waals surface area contributed by atoms with Gasteiger partial charge in [-0.15, -0.1) is 0 Å². The van der Waals surface area contributed by atoms with Gasteiger partial charge in [-0.3, -0.25) is 4.79 Å². The minimum absolute atomic E-state index is 0.275. The molecule has 1 fully saturated rings. The average Bonchev–Trinajstić information content (AvgIpc) is 2.39. The first-order valence-corrected chi connectivity index (χ1v) is 5.68. The highest BCUT2D eigenvalue weighted by Gasteiger charge is 2.25. The van der Waals surface area contributed by atoms with Crippen molar-refractivity contribution in [3.05, 3.63) is 18.3 Å². The summed E-state index contributed by atoms with van der Waals surface area (Å²) in [7, 11) is 1.57. The molecule has 0 radical (unpaired) electrons. The lowest BCUT2D eigenvalue weighted by Crippen LogP contribution is -2.38. The summed E-state index contributed by atoms with van der Waals surface area (Å²) in [4.78, 5) is 17.1. The van der Waals surface area contributed by atoms with Crippen LogP contribution >= 0.6 is 0 Å². The number of pyridine rings is 1. The van der Waals surface area contributed by atoms with Gasteiger partial charge in [0.15, 0.2) is 0 Å². The van der Waals surface area contributed by atoms with Crippen LogP contribution in [0.1, 0.15) is 12.8 Å². The van der Waals surface area contributed by atoms with Crippen molar-refractivity contribution in [2.75, 3.05) is 25.1 Å². The molecule has 1 aliphatic heterocycles. The quantitative estimate of drug-likeness (QED) is 0.859. The molecule has 0 aromatic carbocycles. The summed E-state index contributed by atoms with van der Waals surface area (Å²) in [5.74, 6) is -0.432. The molecule has 2 heterocycles. The number of hydrogen-bond acceptors (Lipinski definition) is 4. The van der Waals surface area contributed by atoms with E-state index in [-0.39, 0.29) is 5.92 Å². The second-order valence-electron chi connectivity index (χ2n) is 4.18. The van der Waals surface area contributed by atoms with E-state index in [1.807, 2.05) is 12.1 Å². The molecule has 1 unspecified atom stereocenters. The van der Waals surface area contributed by atoms with Crippen LogP contribution in [0.3, 0.4) is 0 Å². The zero-order valence-corrected chi connectivity index (χ0v) is 9.80. The molecule has 92 valence electrons. The minimum Gasteiger partial charge on any atom is -0.481 e. The van der Waals surface area contributed by atoms with Crippen LogP contribution in [0.25, 0.3) is 0 Å². The molecule has 1 aliphatic rings. The van der Waals surface area contributed by atoms with E-state index < -0.39 is 5.97 Å². The molecule has 0 saturated carbocycles. The van der Waals surface area contributed by atoms with Gasteiger partial charge in [0.25, 0.3) is 0 Å². The van der Waals surface area contributed by atoms with Crippen LogP contribution in [-0.2, 0) is 4.79 Å². The molecule has 17 heavy (non-hydrogen) atoms. The van der Waals surface area contributed by atoms with E-state index in [0.717, 1.165) is 25.1 Å². The summed E-state index contributed by atoms with van der Waals surface area (Å²) < 4.78 is 5.07. The fourth-order valence-corrected chi connectivity index (χ4v) is 2.12. The number of piperidine rings is 1. The van der Waals surface area contributed by atoms with E-state index in [1.165, 1.54) is 0 Å². The number of rotatable bonds is 3.